The third kappa shape index (κ3) is 11.7. The molecule has 0 saturated carbocycles. The van der Waals surface area contributed by atoms with E-state index >= 15 is 0 Å². The van der Waals surface area contributed by atoms with Crippen LogP contribution in [0.1, 0.15) is 98.9 Å². The second-order valence-electron chi connectivity index (χ2n) is 14.5. The van der Waals surface area contributed by atoms with Crippen LogP contribution in [0.3, 0.4) is 0 Å². The van der Waals surface area contributed by atoms with Gasteiger partial charge in [0.25, 0.3) is 10.1 Å². The Labute approximate surface area is 369 Å². The van der Waals surface area contributed by atoms with Gasteiger partial charge in [-0.3, -0.25) is 4.55 Å². The van der Waals surface area contributed by atoms with Gasteiger partial charge in [0.1, 0.15) is 0 Å². The first-order valence-corrected chi connectivity index (χ1v) is 22.9. The van der Waals surface area contributed by atoms with Crippen molar-refractivity contribution in [1.82, 2.24) is 0 Å². The summed E-state index contributed by atoms with van der Waals surface area (Å²) in [5, 5.41) is 20.8. The highest BCUT2D eigenvalue weighted by Crippen LogP contribution is 2.43. The van der Waals surface area contributed by atoms with Crippen molar-refractivity contribution in [3.63, 3.8) is 0 Å². The first-order chi connectivity index (χ1) is 28.4. The first kappa shape index (κ1) is 45.8. The Hall–Kier alpha value is -4.25. The average molecular weight is 891 g/mol. The van der Waals surface area contributed by atoms with Crippen LogP contribution in [0.25, 0.3) is 0 Å². The second kappa shape index (κ2) is 21.8. The Balaban J connectivity index is 1.60. The molecule has 0 amide bonds. The van der Waals surface area contributed by atoms with Crippen molar-refractivity contribution in [2.75, 3.05) is 22.9 Å². The summed E-state index contributed by atoms with van der Waals surface area (Å²) < 4.78 is 36.0. The van der Waals surface area contributed by atoms with Gasteiger partial charge in [0.05, 0.1) is 48.5 Å². The van der Waals surface area contributed by atoms with Gasteiger partial charge in [-0.2, -0.15) is 18.9 Å². The van der Waals surface area contributed by atoms with Gasteiger partial charge in [-0.15, -0.1) is 0 Å². The maximum absolute atomic E-state index is 12.8. The van der Waals surface area contributed by atoms with E-state index in [2.05, 4.69) is 26.0 Å². The van der Waals surface area contributed by atoms with E-state index in [0.29, 0.717) is 75.8 Å². The van der Waals surface area contributed by atoms with Gasteiger partial charge < -0.3 is 9.80 Å². The molecule has 5 aromatic carbocycles. The summed E-state index contributed by atoms with van der Waals surface area (Å²) >= 11 is 27.7. The molecule has 308 valence electrons. The maximum atomic E-state index is 12.8. The normalized spacial score (nSPS) is 11.4. The summed E-state index contributed by atoms with van der Waals surface area (Å²) in [4.78, 5) is 3.83. The first-order valence-electron chi connectivity index (χ1n) is 19.9. The molecule has 0 aliphatic heterocycles. The van der Waals surface area contributed by atoms with Crippen molar-refractivity contribution < 1.29 is 13.0 Å². The highest BCUT2D eigenvalue weighted by Gasteiger charge is 2.27. The van der Waals surface area contributed by atoms with Crippen LogP contribution in [-0.2, 0) is 23.0 Å². The van der Waals surface area contributed by atoms with Crippen molar-refractivity contribution in [3.8, 4) is 12.1 Å². The van der Waals surface area contributed by atoms with Crippen LogP contribution in [0.4, 0.5) is 22.7 Å². The number of anilines is 4. The molecule has 0 aliphatic carbocycles. The van der Waals surface area contributed by atoms with Crippen LogP contribution in [-0.4, -0.2) is 26.1 Å². The van der Waals surface area contributed by atoms with Crippen molar-refractivity contribution in [2.45, 2.75) is 88.9 Å². The lowest BCUT2D eigenvalue weighted by Gasteiger charge is -2.29. The van der Waals surface area contributed by atoms with E-state index in [-0.39, 0.29) is 4.90 Å². The third-order valence-corrected chi connectivity index (χ3v) is 12.3. The molecule has 5 rings (SSSR count). The van der Waals surface area contributed by atoms with Gasteiger partial charge >= 0.3 is 0 Å². The van der Waals surface area contributed by atoms with Crippen molar-refractivity contribution in [1.29, 1.82) is 10.5 Å². The van der Waals surface area contributed by atoms with Gasteiger partial charge in [-0.25, -0.2) is 0 Å². The highest BCUT2D eigenvalue weighted by molar-refractivity contribution is 7.85. The quantitative estimate of drug-likeness (QED) is 0.0471. The molecule has 0 bridgehead atoms. The van der Waals surface area contributed by atoms with Crippen molar-refractivity contribution in [2.24, 2.45) is 0 Å². The molecule has 0 radical (unpaired) electrons. The predicted molar refractivity (Wildman–Crippen MR) is 244 cm³/mol. The number of benzene rings is 5. The highest BCUT2D eigenvalue weighted by atomic mass is 35.5. The van der Waals surface area contributed by atoms with Crippen LogP contribution in [0, 0.1) is 22.7 Å². The van der Waals surface area contributed by atoms with Gasteiger partial charge in [-0.05, 0) is 121 Å². The molecule has 1 N–H and O–H groups in total. The standard InChI is InChI=1S/C47H48Cl4N4O3S/c1-3-5-13-33-29-40(48)46(41(49)30-33)54(27-11-9-25-52)37-21-17-35(18-22-37)45(39-15-7-8-16-44(39)59(56,57)58)36-19-23-38(24-20-36)55(28-12-10-26-53)47-42(50)31-34(14-6-4-2)32-43(47)51/h7-8,15-24,29-32,45H,3-6,9-14,27-28H2,1-2H3,(H,56,57,58). The van der Waals surface area contributed by atoms with Gasteiger partial charge in [0.2, 0.25) is 0 Å². The van der Waals surface area contributed by atoms with E-state index in [0.717, 1.165) is 72.2 Å². The van der Waals surface area contributed by atoms with Crippen LogP contribution >= 0.6 is 46.4 Å². The van der Waals surface area contributed by atoms with Crippen LogP contribution < -0.4 is 9.80 Å². The van der Waals surface area contributed by atoms with E-state index < -0.39 is 16.0 Å². The Morgan fingerprint density at radius 1 is 0.610 bits per heavy atom. The number of hydrogen-bond acceptors (Lipinski definition) is 6. The fraction of sp³-hybridized carbons (Fsp3) is 0.319. The Kier molecular flexibility index (Phi) is 17.0. The molecule has 0 saturated heterocycles. The predicted octanol–water partition coefficient (Wildman–Crippen LogP) is 14.3. The minimum Gasteiger partial charge on any atom is -0.339 e. The summed E-state index contributed by atoms with van der Waals surface area (Å²) in [6.45, 7) is 5.24. The minimum absolute atomic E-state index is 0.196. The average Bonchev–Trinajstić information content (AvgIpc) is 3.21. The fourth-order valence-corrected chi connectivity index (χ4v) is 9.58. The summed E-state index contributed by atoms with van der Waals surface area (Å²) in [5.41, 5.74) is 6.92. The van der Waals surface area contributed by atoms with Gasteiger partial charge in [0.15, 0.2) is 0 Å². The van der Waals surface area contributed by atoms with Crippen molar-refractivity contribution >= 4 is 79.3 Å². The Morgan fingerprint density at radius 3 is 1.36 bits per heavy atom. The van der Waals surface area contributed by atoms with E-state index in [9.17, 15) is 23.5 Å². The molecule has 0 aliphatic rings. The number of aryl methyl sites for hydroxylation is 2. The van der Waals surface area contributed by atoms with E-state index in [4.69, 9.17) is 46.4 Å². The SMILES string of the molecule is CCCCc1cc(Cl)c(N(CCCC#N)c2ccc(C(c3ccc(N(CCCC#N)c4c(Cl)cc(CCCC)cc4Cl)cc3)c3ccccc3S(=O)(=O)O)cc2)c(Cl)c1. The molecule has 0 spiro atoms. The molecule has 59 heavy (non-hydrogen) atoms. The molecule has 0 heterocycles. The number of unbranched alkanes of at least 4 members (excludes halogenated alkanes) is 4. The topological polar surface area (TPSA) is 108 Å². The molecule has 0 aromatic heterocycles. The monoisotopic (exact) mass is 888 g/mol. The Morgan fingerprint density at radius 2 is 1.00 bits per heavy atom. The summed E-state index contributed by atoms with van der Waals surface area (Å²) in [7, 11) is -4.60. The van der Waals surface area contributed by atoms with Crippen LogP contribution in [0.15, 0.2) is 102 Å². The molecular weight excluding hydrogens is 842 g/mol. The lowest BCUT2D eigenvalue weighted by Crippen LogP contribution is -2.20. The minimum atomic E-state index is -4.60. The lowest BCUT2D eigenvalue weighted by molar-refractivity contribution is 0.482. The van der Waals surface area contributed by atoms with Crippen molar-refractivity contribution in [3.05, 3.63) is 145 Å². The largest absolute Gasteiger partial charge is 0.339 e. The summed E-state index contributed by atoms with van der Waals surface area (Å²) in [5.74, 6) is -0.620. The van der Waals surface area contributed by atoms with Crippen LogP contribution in [0.5, 0.6) is 0 Å². The molecular formula is C47H48Cl4N4O3S. The second-order valence-corrected chi connectivity index (χ2v) is 17.5. The lowest BCUT2D eigenvalue weighted by atomic mass is 9.85. The molecule has 7 nitrogen and oxygen atoms in total. The molecule has 0 fully saturated rings. The van der Waals surface area contributed by atoms with Gasteiger partial charge in [-0.1, -0.05) is 116 Å². The number of hydrogen-bond donors (Lipinski definition) is 1. The van der Waals surface area contributed by atoms with E-state index in [1.807, 2.05) is 82.6 Å². The smallest absolute Gasteiger partial charge is 0.294 e. The summed E-state index contributed by atoms with van der Waals surface area (Å²) in [6.07, 6.45) is 7.69. The fourth-order valence-electron chi connectivity index (χ4n) is 7.37. The zero-order valence-electron chi connectivity index (χ0n) is 33.3. The number of nitrogens with zero attached hydrogens (tertiary/aromatic N) is 4. The van der Waals surface area contributed by atoms with E-state index in [1.54, 1.807) is 18.2 Å². The molecule has 0 unspecified atom stereocenters. The molecule has 12 heteroatoms. The van der Waals surface area contributed by atoms with Crippen LogP contribution in [0.2, 0.25) is 20.1 Å². The zero-order chi connectivity index (χ0) is 42.5. The number of halogens is 4. The summed E-state index contributed by atoms with van der Waals surface area (Å²) in [6, 6.07) is 34.1. The molecule has 0 atom stereocenters. The zero-order valence-corrected chi connectivity index (χ0v) is 37.1. The Bertz CT molecular complexity index is 2220. The number of nitriles is 2. The van der Waals surface area contributed by atoms with E-state index in [1.165, 1.54) is 6.07 Å². The number of rotatable bonds is 20. The van der Waals surface area contributed by atoms with Gasteiger partial charge in [0, 0.05) is 43.2 Å². The molecule has 5 aromatic rings. The third-order valence-electron chi connectivity index (χ3n) is 10.3. The maximum Gasteiger partial charge on any atom is 0.294 e.